The Balaban J connectivity index is 0.000000176. The van der Waals surface area contributed by atoms with Crippen LogP contribution in [0.1, 0.15) is 90.8 Å². The number of aromatic nitrogens is 3. The van der Waals surface area contributed by atoms with Crippen molar-refractivity contribution in [3.8, 4) is 28.4 Å². The van der Waals surface area contributed by atoms with Crippen LogP contribution >= 0.6 is 0 Å². The lowest BCUT2D eigenvalue weighted by Gasteiger charge is -2.42. The number of ether oxygens (including phenoxy) is 1. The second-order valence-corrected chi connectivity index (χ2v) is 16.2. The van der Waals surface area contributed by atoms with Crippen LogP contribution in [-0.4, -0.2) is 73.4 Å². The average molecular weight is 690 g/mol. The van der Waals surface area contributed by atoms with E-state index in [1.807, 2.05) is 12.3 Å². The zero-order valence-electron chi connectivity index (χ0n) is 32.2. The first-order chi connectivity index (χ1) is 24.4. The van der Waals surface area contributed by atoms with Gasteiger partial charge in [-0.3, -0.25) is 0 Å². The smallest absolute Gasteiger partial charge is 0.161 e. The van der Waals surface area contributed by atoms with Gasteiger partial charge < -0.3 is 25.2 Å². The molecule has 0 spiro atoms. The molecule has 2 saturated heterocycles. The van der Waals surface area contributed by atoms with Crippen molar-refractivity contribution in [2.24, 2.45) is 0 Å². The summed E-state index contributed by atoms with van der Waals surface area (Å²) in [4.78, 5) is 19.1. The number of hydrogen-bond acceptors (Lipinski definition) is 8. The van der Waals surface area contributed by atoms with Crippen molar-refractivity contribution in [1.29, 1.82) is 0 Å². The summed E-state index contributed by atoms with van der Waals surface area (Å²) >= 11 is 0. The van der Waals surface area contributed by atoms with E-state index in [0.717, 1.165) is 92.4 Å². The van der Waals surface area contributed by atoms with Crippen LogP contribution < -0.4 is 25.2 Å². The normalized spacial score (nSPS) is 18.2. The number of benzene rings is 2. The maximum atomic E-state index is 6.07. The molecule has 0 saturated carbocycles. The Morgan fingerprint density at radius 2 is 1.27 bits per heavy atom. The van der Waals surface area contributed by atoms with Gasteiger partial charge in [-0.05, 0) is 90.5 Å². The molecule has 2 aromatic heterocycles. The van der Waals surface area contributed by atoms with Gasteiger partial charge in [0.25, 0.3) is 0 Å². The molecular weight excluding hydrogens is 631 g/mol. The van der Waals surface area contributed by atoms with Gasteiger partial charge in [0.1, 0.15) is 17.4 Å². The fourth-order valence-corrected chi connectivity index (χ4v) is 7.47. The topological polar surface area (TPSA) is 78.4 Å². The van der Waals surface area contributed by atoms with Crippen molar-refractivity contribution in [1.82, 2.24) is 25.6 Å². The summed E-state index contributed by atoms with van der Waals surface area (Å²) < 4.78 is 6.07. The molecule has 3 aliphatic rings. The van der Waals surface area contributed by atoms with Gasteiger partial charge in [0.15, 0.2) is 5.82 Å². The molecule has 51 heavy (non-hydrogen) atoms. The van der Waals surface area contributed by atoms with Crippen molar-refractivity contribution in [2.75, 3.05) is 62.2 Å². The fraction of sp³-hybridized carbons (Fsp3) is 0.512. The molecule has 0 amide bonds. The molecule has 8 heteroatoms. The van der Waals surface area contributed by atoms with Crippen molar-refractivity contribution in [3.63, 3.8) is 0 Å². The quantitative estimate of drug-likeness (QED) is 0.202. The zero-order chi connectivity index (χ0) is 36.2. The van der Waals surface area contributed by atoms with Crippen LogP contribution in [0.15, 0.2) is 66.9 Å². The third-order valence-electron chi connectivity index (χ3n) is 10.7. The molecule has 7 rings (SSSR count). The lowest BCUT2D eigenvalue weighted by atomic mass is 9.63. The van der Waals surface area contributed by atoms with E-state index in [9.17, 15) is 0 Å². The molecule has 8 nitrogen and oxygen atoms in total. The lowest BCUT2D eigenvalue weighted by molar-refractivity contribution is 0.239. The van der Waals surface area contributed by atoms with Crippen LogP contribution in [0.2, 0.25) is 0 Å². The van der Waals surface area contributed by atoms with Gasteiger partial charge in [-0.2, -0.15) is 0 Å². The Labute approximate surface area is 306 Å². The summed E-state index contributed by atoms with van der Waals surface area (Å²) in [6, 6.07) is 21.6. The molecule has 272 valence electrons. The van der Waals surface area contributed by atoms with Gasteiger partial charge in [-0.25, -0.2) is 15.0 Å². The average Bonchev–Trinajstić information content (AvgIpc) is 3.14. The van der Waals surface area contributed by atoms with Crippen molar-refractivity contribution < 1.29 is 4.74 Å². The van der Waals surface area contributed by atoms with Crippen molar-refractivity contribution >= 4 is 11.6 Å². The van der Waals surface area contributed by atoms with Crippen LogP contribution in [0.25, 0.3) is 22.6 Å². The molecule has 2 aromatic carbocycles. The van der Waals surface area contributed by atoms with E-state index in [-0.39, 0.29) is 16.9 Å². The molecule has 4 heterocycles. The third kappa shape index (κ3) is 8.73. The van der Waals surface area contributed by atoms with E-state index in [4.69, 9.17) is 14.7 Å². The van der Waals surface area contributed by atoms with Crippen LogP contribution in [0.3, 0.4) is 0 Å². The number of nitrogens with zero attached hydrogens (tertiary/aromatic N) is 5. The lowest BCUT2D eigenvalue weighted by Crippen LogP contribution is -2.43. The summed E-state index contributed by atoms with van der Waals surface area (Å²) in [5.74, 6) is 4.33. The van der Waals surface area contributed by atoms with E-state index in [1.165, 1.54) is 29.5 Å². The second-order valence-electron chi connectivity index (χ2n) is 16.2. The van der Waals surface area contributed by atoms with Crippen LogP contribution in [0.5, 0.6) is 5.75 Å². The Bertz CT molecular complexity index is 1770. The minimum Gasteiger partial charge on any atom is -0.491 e. The standard InChI is InChI=1S/C22H30N4.C21H29N3O/c1-21(2)8-9-22(3,4)18-15-16(5-6-17(18)21)20-24-10-7-19(25-20)26-13-11-23-12-14-26;1-15(2)18-9-8-17(14-20(18)25-16(3)4)19-6-5-7-21(23-19)24-12-10-22-11-13-24/h5-7,10,15,23H,8-9,11-14H2,1-4H3;5-9,14-16,22H,10-13H2,1-4H3. The Morgan fingerprint density at radius 3 is 1.90 bits per heavy atom. The second kappa shape index (κ2) is 15.7. The number of anilines is 2. The summed E-state index contributed by atoms with van der Waals surface area (Å²) in [6.45, 7) is 26.1. The third-order valence-corrected chi connectivity index (χ3v) is 10.7. The first-order valence-electron chi connectivity index (χ1n) is 19.1. The number of pyridine rings is 1. The van der Waals surface area contributed by atoms with Crippen molar-refractivity contribution in [2.45, 2.75) is 91.1 Å². The van der Waals surface area contributed by atoms with E-state index in [1.54, 1.807) is 0 Å². The molecule has 2 aliphatic heterocycles. The van der Waals surface area contributed by atoms with Gasteiger partial charge in [0.05, 0.1) is 11.8 Å². The van der Waals surface area contributed by atoms with E-state index < -0.39 is 0 Å². The highest BCUT2D eigenvalue weighted by molar-refractivity contribution is 5.65. The Morgan fingerprint density at radius 1 is 0.667 bits per heavy atom. The van der Waals surface area contributed by atoms with Crippen molar-refractivity contribution in [3.05, 3.63) is 83.6 Å². The van der Waals surface area contributed by atoms with Gasteiger partial charge >= 0.3 is 0 Å². The van der Waals surface area contributed by atoms with E-state index in [2.05, 4.69) is 135 Å². The first kappa shape index (κ1) is 36.8. The van der Waals surface area contributed by atoms with Gasteiger partial charge in [0.2, 0.25) is 0 Å². The molecule has 0 radical (unpaired) electrons. The largest absolute Gasteiger partial charge is 0.491 e. The number of rotatable bonds is 7. The molecule has 0 atom stereocenters. The van der Waals surface area contributed by atoms with Gasteiger partial charge in [-0.1, -0.05) is 71.9 Å². The fourth-order valence-electron chi connectivity index (χ4n) is 7.47. The molecule has 2 fully saturated rings. The van der Waals surface area contributed by atoms with E-state index >= 15 is 0 Å². The van der Waals surface area contributed by atoms with Crippen LogP contribution in [0.4, 0.5) is 11.6 Å². The van der Waals surface area contributed by atoms with E-state index in [0.29, 0.717) is 5.92 Å². The van der Waals surface area contributed by atoms with Crippen LogP contribution in [0, 0.1) is 0 Å². The summed E-state index contributed by atoms with van der Waals surface area (Å²) in [6.07, 6.45) is 4.51. The number of hydrogen-bond donors (Lipinski definition) is 2. The maximum Gasteiger partial charge on any atom is 0.161 e. The summed E-state index contributed by atoms with van der Waals surface area (Å²) in [5, 5.41) is 6.78. The number of fused-ring (bicyclic) bond motifs is 1. The minimum atomic E-state index is 0.160. The number of nitrogens with one attached hydrogen (secondary N) is 2. The number of piperazine rings is 2. The monoisotopic (exact) mass is 689 g/mol. The SMILES string of the molecule is CC(C)Oc1cc(-c2cccc(N3CCNCC3)n2)ccc1C(C)C.CC1(C)CCC(C)(C)c2cc(-c3nccc(N4CCNCC4)n3)ccc21. The predicted octanol–water partition coefficient (Wildman–Crippen LogP) is 7.97. The highest BCUT2D eigenvalue weighted by Gasteiger charge is 2.37. The zero-order valence-corrected chi connectivity index (χ0v) is 32.2. The summed E-state index contributed by atoms with van der Waals surface area (Å²) in [5.41, 5.74) is 7.88. The molecule has 2 N–H and O–H groups in total. The Hall–Kier alpha value is -4.01. The molecule has 1 aliphatic carbocycles. The Kier molecular flexibility index (Phi) is 11.3. The maximum absolute atomic E-state index is 6.07. The molecule has 0 unspecified atom stereocenters. The highest BCUT2D eigenvalue weighted by atomic mass is 16.5. The first-order valence-corrected chi connectivity index (χ1v) is 19.1. The minimum absolute atomic E-state index is 0.160. The molecular formula is C43H59N7O. The summed E-state index contributed by atoms with van der Waals surface area (Å²) in [7, 11) is 0. The van der Waals surface area contributed by atoms with Gasteiger partial charge in [0, 0.05) is 69.7 Å². The predicted molar refractivity (Wildman–Crippen MR) is 212 cm³/mol. The molecule has 4 aromatic rings. The molecule has 0 bridgehead atoms. The highest BCUT2D eigenvalue weighted by Crippen LogP contribution is 2.46. The van der Waals surface area contributed by atoms with Crippen LogP contribution in [-0.2, 0) is 10.8 Å². The van der Waals surface area contributed by atoms with Gasteiger partial charge in [-0.15, -0.1) is 0 Å².